The number of halogens is 1. The van der Waals surface area contributed by atoms with Crippen LogP contribution in [-0.4, -0.2) is 41.6 Å². The van der Waals surface area contributed by atoms with Gasteiger partial charge in [-0.15, -0.1) is 0 Å². The van der Waals surface area contributed by atoms with Crippen LogP contribution in [0.5, 0.6) is 0 Å². The lowest BCUT2D eigenvalue weighted by Gasteiger charge is -2.22. The molecule has 2 heterocycles. The Balaban J connectivity index is 1.64. The van der Waals surface area contributed by atoms with E-state index in [1.807, 2.05) is 0 Å². The molecule has 2 unspecified atom stereocenters. The Bertz CT molecular complexity index is 1070. The minimum Gasteiger partial charge on any atom is -0.360 e. The standard InChI is InChI=1S/C22H20FN3O3/c23-16-7-4-8-17-18(16)15(12-25-17)20(27)21(28)19(14-9-10-24-11-14)26-22(29)13-5-2-1-3-6-13/h1-8,12,14,19,24-25H,9-11H2,(H,26,29). The van der Waals surface area contributed by atoms with Gasteiger partial charge >= 0.3 is 0 Å². The van der Waals surface area contributed by atoms with Crippen molar-refractivity contribution in [1.29, 1.82) is 0 Å². The number of hydrogen-bond acceptors (Lipinski definition) is 4. The van der Waals surface area contributed by atoms with Crippen LogP contribution in [0, 0.1) is 11.7 Å². The van der Waals surface area contributed by atoms with Gasteiger partial charge in [0, 0.05) is 35.1 Å². The van der Waals surface area contributed by atoms with Gasteiger partial charge in [-0.25, -0.2) is 4.39 Å². The zero-order valence-corrected chi connectivity index (χ0v) is 15.6. The van der Waals surface area contributed by atoms with Gasteiger partial charge in [-0.05, 0) is 37.2 Å². The zero-order valence-electron chi connectivity index (χ0n) is 15.6. The Morgan fingerprint density at radius 3 is 2.59 bits per heavy atom. The Morgan fingerprint density at radius 1 is 1.07 bits per heavy atom. The third-order valence-electron chi connectivity index (χ3n) is 5.30. The summed E-state index contributed by atoms with van der Waals surface area (Å²) in [5.74, 6) is -2.77. The summed E-state index contributed by atoms with van der Waals surface area (Å²) in [5, 5.41) is 5.97. The molecule has 2 atom stereocenters. The Labute approximate surface area is 166 Å². The SMILES string of the molecule is O=C(NC(C(=O)C(=O)c1c[nH]c2cccc(F)c12)C1CCNC1)c1ccccc1. The Hall–Kier alpha value is -3.32. The fraction of sp³-hybridized carbons (Fsp3) is 0.227. The van der Waals surface area contributed by atoms with Crippen LogP contribution in [0.15, 0.2) is 54.7 Å². The van der Waals surface area contributed by atoms with Crippen molar-refractivity contribution in [3.63, 3.8) is 0 Å². The summed E-state index contributed by atoms with van der Waals surface area (Å²) in [4.78, 5) is 41.6. The molecule has 1 aromatic heterocycles. The van der Waals surface area contributed by atoms with Gasteiger partial charge in [0.25, 0.3) is 5.91 Å². The van der Waals surface area contributed by atoms with Crippen molar-refractivity contribution in [3.05, 3.63) is 71.7 Å². The lowest BCUT2D eigenvalue weighted by Crippen LogP contribution is -2.49. The first-order valence-corrected chi connectivity index (χ1v) is 9.47. The second kappa shape index (κ2) is 7.97. The van der Waals surface area contributed by atoms with Crippen LogP contribution in [0.3, 0.4) is 0 Å². The highest BCUT2D eigenvalue weighted by molar-refractivity contribution is 6.47. The van der Waals surface area contributed by atoms with Crippen LogP contribution in [0.25, 0.3) is 10.9 Å². The van der Waals surface area contributed by atoms with E-state index in [4.69, 9.17) is 0 Å². The third-order valence-corrected chi connectivity index (χ3v) is 5.30. The Morgan fingerprint density at radius 2 is 1.86 bits per heavy atom. The molecular weight excluding hydrogens is 373 g/mol. The molecule has 1 aliphatic heterocycles. The molecule has 3 N–H and O–H groups in total. The maximum atomic E-state index is 14.3. The molecule has 3 aromatic rings. The van der Waals surface area contributed by atoms with E-state index in [9.17, 15) is 18.8 Å². The zero-order chi connectivity index (χ0) is 20.4. The molecule has 1 aliphatic rings. The average Bonchev–Trinajstić information content (AvgIpc) is 3.42. The van der Waals surface area contributed by atoms with E-state index in [1.54, 1.807) is 36.4 Å². The number of Topliss-reactive ketones (excluding diaryl/α,β-unsaturated/α-hetero) is 2. The maximum absolute atomic E-state index is 14.3. The van der Waals surface area contributed by atoms with Crippen LogP contribution >= 0.6 is 0 Å². The number of aromatic nitrogens is 1. The van der Waals surface area contributed by atoms with Crippen LogP contribution in [0.4, 0.5) is 4.39 Å². The smallest absolute Gasteiger partial charge is 0.251 e. The summed E-state index contributed by atoms with van der Waals surface area (Å²) in [6.45, 7) is 1.21. The van der Waals surface area contributed by atoms with Gasteiger partial charge in [-0.1, -0.05) is 24.3 Å². The number of hydrogen-bond donors (Lipinski definition) is 3. The van der Waals surface area contributed by atoms with Crippen molar-refractivity contribution in [2.45, 2.75) is 12.5 Å². The highest BCUT2D eigenvalue weighted by atomic mass is 19.1. The number of H-pyrrole nitrogens is 1. The van der Waals surface area contributed by atoms with Gasteiger partial charge in [0.2, 0.25) is 11.6 Å². The summed E-state index contributed by atoms with van der Waals surface area (Å²) in [7, 11) is 0. The quantitative estimate of drug-likeness (QED) is 0.443. The van der Waals surface area contributed by atoms with Gasteiger partial charge in [0.15, 0.2) is 0 Å². The van der Waals surface area contributed by atoms with E-state index in [0.717, 1.165) is 0 Å². The summed E-state index contributed by atoms with van der Waals surface area (Å²) < 4.78 is 14.3. The first-order chi connectivity index (χ1) is 14.1. The fourth-order valence-corrected chi connectivity index (χ4v) is 3.77. The number of rotatable bonds is 6. The number of nitrogens with one attached hydrogen (secondary N) is 3. The highest BCUT2D eigenvalue weighted by Crippen LogP contribution is 2.24. The number of amides is 1. The molecular formula is C22H20FN3O3. The predicted octanol–water partition coefficient (Wildman–Crippen LogP) is 2.47. The van der Waals surface area contributed by atoms with Crippen molar-refractivity contribution in [2.24, 2.45) is 5.92 Å². The summed E-state index contributed by atoms with van der Waals surface area (Å²) in [5.41, 5.74) is 0.823. The molecule has 1 fully saturated rings. The van der Waals surface area contributed by atoms with Crippen molar-refractivity contribution < 1.29 is 18.8 Å². The van der Waals surface area contributed by atoms with Gasteiger partial charge in [-0.3, -0.25) is 14.4 Å². The lowest BCUT2D eigenvalue weighted by atomic mass is 9.90. The normalized spacial score (nSPS) is 17.2. The second-order valence-corrected chi connectivity index (χ2v) is 7.13. The van der Waals surface area contributed by atoms with Gasteiger partial charge in [0.1, 0.15) is 11.9 Å². The number of ketones is 2. The largest absolute Gasteiger partial charge is 0.360 e. The molecule has 2 aromatic carbocycles. The molecule has 0 aliphatic carbocycles. The lowest BCUT2D eigenvalue weighted by molar-refractivity contribution is -0.117. The van der Waals surface area contributed by atoms with E-state index >= 15 is 0 Å². The topological polar surface area (TPSA) is 91.1 Å². The highest BCUT2D eigenvalue weighted by Gasteiger charge is 2.36. The molecule has 29 heavy (non-hydrogen) atoms. The molecule has 6 nitrogen and oxygen atoms in total. The maximum Gasteiger partial charge on any atom is 0.251 e. The van der Waals surface area contributed by atoms with Crippen LogP contribution in [0.1, 0.15) is 27.1 Å². The molecule has 148 valence electrons. The number of aromatic amines is 1. The minimum atomic E-state index is -0.984. The van der Waals surface area contributed by atoms with E-state index in [1.165, 1.54) is 18.3 Å². The predicted molar refractivity (Wildman–Crippen MR) is 106 cm³/mol. The molecule has 1 amide bonds. The van der Waals surface area contributed by atoms with E-state index < -0.39 is 29.3 Å². The summed E-state index contributed by atoms with van der Waals surface area (Å²) in [6, 6.07) is 11.9. The van der Waals surface area contributed by atoms with Crippen LogP contribution in [0.2, 0.25) is 0 Å². The molecule has 1 saturated heterocycles. The van der Waals surface area contributed by atoms with E-state index in [-0.39, 0.29) is 16.9 Å². The molecule has 0 radical (unpaired) electrons. The molecule has 0 saturated carbocycles. The number of benzene rings is 2. The Kier molecular flexibility index (Phi) is 5.22. The summed E-state index contributed by atoms with van der Waals surface area (Å²) >= 11 is 0. The minimum absolute atomic E-state index is 0.0204. The van der Waals surface area contributed by atoms with Crippen molar-refractivity contribution in [1.82, 2.24) is 15.6 Å². The first kappa shape index (κ1) is 19.0. The molecule has 0 bridgehead atoms. The monoisotopic (exact) mass is 393 g/mol. The van der Waals surface area contributed by atoms with Crippen molar-refractivity contribution >= 4 is 28.4 Å². The van der Waals surface area contributed by atoms with Crippen molar-refractivity contribution in [3.8, 4) is 0 Å². The average molecular weight is 393 g/mol. The molecule has 0 spiro atoms. The molecule has 7 heteroatoms. The first-order valence-electron chi connectivity index (χ1n) is 9.47. The second-order valence-electron chi connectivity index (χ2n) is 7.13. The number of carbonyl (C=O) groups is 3. The van der Waals surface area contributed by atoms with E-state index in [2.05, 4.69) is 15.6 Å². The van der Waals surface area contributed by atoms with Crippen molar-refractivity contribution in [2.75, 3.05) is 13.1 Å². The van der Waals surface area contributed by atoms with E-state index in [0.29, 0.717) is 30.6 Å². The third kappa shape index (κ3) is 3.69. The fourth-order valence-electron chi connectivity index (χ4n) is 3.77. The van der Waals surface area contributed by atoms with Gasteiger partial charge < -0.3 is 15.6 Å². The van der Waals surface area contributed by atoms with Gasteiger partial charge in [0.05, 0.1) is 5.56 Å². The number of fused-ring (bicyclic) bond motifs is 1. The summed E-state index contributed by atoms with van der Waals surface area (Å²) in [6.07, 6.45) is 2.00. The van der Waals surface area contributed by atoms with Crippen LogP contribution in [-0.2, 0) is 4.79 Å². The van der Waals surface area contributed by atoms with Crippen LogP contribution < -0.4 is 10.6 Å². The molecule has 4 rings (SSSR count). The van der Waals surface area contributed by atoms with Gasteiger partial charge in [-0.2, -0.15) is 0 Å². The number of carbonyl (C=O) groups excluding carboxylic acids is 3.